The highest BCUT2D eigenvalue weighted by molar-refractivity contribution is 5.94. The summed E-state index contributed by atoms with van der Waals surface area (Å²) in [6.45, 7) is 1.74. The van der Waals surface area contributed by atoms with Crippen molar-refractivity contribution >= 4 is 11.6 Å². The van der Waals surface area contributed by atoms with Gasteiger partial charge in [0, 0.05) is 47.4 Å². The molecule has 2 heterocycles. The van der Waals surface area contributed by atoms with Crippen LogP contribution in [-0.2, 0) is 16.8 Å². The van der Waals surface area contributed by atoms with Gasteiger partial charge < -0.3 is 24.6 Å². The van der Waals surface area contributed by atoms with Gasteiger partial charge in [-0.25, -0.2) is 0 Å². The minimum absolute atomic E-state index is 0.0862. The van der Waals surface area contributed by atoms with Crippen LogP contribution in [0.1, 0.15) is 52.9 Å². The van der Waals surface area contributed by atoms with Crippen molar-refractivity contribution in [1.82, 2.24) is 10.2 Å². The highest BCUT2D eigenvalue weighted by atomic mass is 19.3. The number of rotatable bonds is 7. The molecule has 2 aromatic carbocycles. The Labute approximate surface area is 198 Å². The third-order valence-corrected chi connectivity index (χ3v) is 7.41. The average Bonchev–Trinajstić information content (AvgIpc) is 3.52. The lowest BCUT2D eigenvalue weighted by atomic mass is 9.89. The van der Waals surface area contributed by atoms with E-state index in [1.54, 1.807) is 19.1 Å². The lowest BCUT2D eigenvalue weighted by Crippen LogP contribution is -2.57. The van der Waals surface area contributed by atoms with Crippen molar-refractivity contribution in [2.24, 2.45) is 0 Å². The second kappa shape index (κ2) is 8.82. The molecule has 5 rings (SSSR count). The second-order valence-electron chi connectivity index (χ2n) is 9.96. The summed E-state index contributed by atoms with van der Waals surface area (Å²) in [6.07, 6.45) is 2.25. The molecule has 2 aromatic rings. The number of hydrogen-bond acceptors (Lipinski definition) is 5. The number of fused-ring (bicyclic) bond motifs is 2. The van der Waals surface area contributed by atoms with Crippen LogP contribution in [-0.4, -0.2) is 57.3 Å². The maximum atomic E-state index is 13.2. The maximum Gasteiger partial charge on any atom is 0.387 e. The molecule has 1 spiro atoms. The van der Waals surface area contributed by atoms with Crippen molar-refractivity contribution < 1.29 is 23.0 Å². The number of carbonyl (C=O) groups is 1. The van der Waals surface area contributed by atoms with E-state index in [4.69, 9.17) is 9.47 Å². The number of likely N-dealkylation sites (N-methyl/N-ethyl adjacent to an activating group) is 1. The summed E-state index contributed by atoms with van der Waals surface area (Å²) in [5.74, 6) is -0.169. The van der Waals surface area contributed by atoms with E-state index in [2.05, 4.69) is 15.1 Å². The first kappa shape index (κ1) is 23.1. The molecule has 1 atom stereocenters. The number of amides is 1. The summed E-state index contributed by atoms with van der Waals surface area (Å²) in [6, 6.07) is 11.0. The number of carbonyl (C=O) groups excluding carboxylic acids is 1. The summed E-state index contributed by atoms with van der Waals surface area (Å²) < 4.78 is 37.0. The van der Waals surface area contributed by atoms with E-state index in [1.165, 1.54) is 5.56 Å². The van der Waals surface area contributed by atoms with Crippen LogP contribution >= 0.6 is 0 Å². The van der Waals surface area contributed by atoms with Gasteiger partial charge in [0.15, 0.2) is 0 Å². The molecule has 2 aliphatic heterocycles. The molecule has 0 radical (unpaired) electrons. The standard InChI is InChI=1S/C26H31F2N3O3/c1-16(29-24(32)17-4-7-22-18(10-17)14-33-15-26(22)8-9-26)21-6-5-19(11-23(21)34-25(27)28)31-12-20(13-31)30(2)3/h4-7,10-11,16,20,25H,8-9,12-15H2,1-3H3,(H,29,32)/t16-/m0/s1. The maximum absolute atomic E-state index is 13.2. The average molecular weight is 472 g/mol. The topological polar surface area (TPSA) is 54.0 Å². The van der Waals surface area contributed by atoms with Crippen LogP contribution in [0.3, 0.4) is 0 Å². The Hall–Kier alpha value is -2.71. The van der Waals surface area contributed by atoms with E-state index < -0.39 is 12.7 Å². The Morgan fingerprint density at radius 3 is 2.65 bits per heavy atom. The fourth-order valence-corrected chi connectivity index (χ4v) is 5.00. The van der Waals surface area contributed by atoms with Crippen LogP contribution < -0.4 is 15.0 Å². The second-order valence-corrected chi connectivity index (χ2v) is 9.96. The molecule has 34 heavy (non-hydrogen) atoms. The van der Waals surface area contributed by atoms with E-state index in [0.717, 1.165) is 43.8 Å². The first-order chi connectivity index (χ1) is 16.3. The zero-order valence-electron chi connectivity index (χ0n) is 19.8. The molecule has 1 N–H and O–H groups in total. The van der Waals surface area contributed by atoms with Gasteiger partial charge in [0.05, 0.1) is 19.3 Å². The Balaban J connectivity index is 1.31. The monoisotopic (exact) mass is 471 g/mol. The molecule has 8 heteroatoms. The zero-order chi connectivity index (χ0) is 24.0. The molecule has 6 nitrogen and oxygen atoms in total. The minimum atomic E-state index is -2.95. The van der Waals surface area contributed by atoms with E-state index >= 15 is 0 Å². The van der Waals surface area contributed by atoms with Gasteiger partial charge in [-0.3, -0.25) is 4.79 Å². The van der Waals surface area contributed by atoms with Crippen LogP contribution in [0.5, 0.6) is 5.75 Å². The van der Waals surface area contributed by atoms with Gasteiger partial charge in [0.2, 0.25) is 0 Å². The molecule has 2 fully saturated rings. The highest BCUT2D eigenvalue weighted by Crippen LogP contribution is 2.51. The SMILES string of the molecule is C[C@H](NC(=O)c1ccc2c(c1)COCC21CC1)c1ccc(N2CC(N(C)C)C2)cc1OC(F)F. The molecule has 3 aliphatic rings. The summed E-state index contributed by atoms with van der Waals surface area (Å²) in [5, 5.41) is 2.94. The molecule has 1 saturated heterocycles. The van der Waals surface area contributed by atoms with Gasteiger partial charge in [-0.1, -0.05) is 12.1 Å². The van der Waals surface area contributed by atoms with Crippen molar-refractivity contribution in [1.29, 1.82) is 0 Å². The van der Waals surface area contributed by atoms with Gasteiger partial charge in [0.25, 0.3) is 5.91 Å². The molecule has 182 valence electrons. The molecule has 0 unspecified atom stereocenters. The number of benzene rings is 2. The van der Waals surface area contributed by atoms with Gasteiger partial charge in [-0.15, -0.1) is 0 Å². The zero-order valence-corrected chi connectivity index (χ0v) is 19.8. The van der Waals surface area contributed by atoms with E-state index in [-0.39, 0.29) is 17.1 Å². The molecule has 0 aromatic heterocycles. The molecule has 1 amide bonds. The van der Waals surface area contributed by atoms with Crippen LogP contribution in [0.25, 0.3) is 0 Å². The fraction of sp³-hybridized carbons (Fsp3) is 0.500. The largest absolute Gasteiger partial charge is 0.434 e. The minimum Gasteiger partial charge on any atom is -0.434 e. The van der Waals surface area contributed by atoms with Crippen LogP contribution in [0.2, 0.25) is 0 Å². The Morgan fingerprint density at radius 1 is 1.21 bits per heavy atom. The number of hydrogen-bond donors (Lipinski definition) is 1. The van der Waals surface area contributed by atoms with Crippen LogP contribution in [0.4, 0.5) is 14.5 Å². The van der Waals surface area contributed by atoms with Gasteiger partial charge in [-0.05, 0) is 63.2 Å². The van der Waals surface area contributed by atoms with Crippen molar-refractivity contribution in [3.8, 4) is 5.75 Å². The van der Waals surface area contributed by atoms with Crippen molar-refractivity contribution in [3.05, 3.63) is 58.7 Å². The number of ether oxygens (including phenoxy) is 2. The number of nitrogens with zero attached hydrogens (tertiary/aromatic N) is 2. The summed E-state index contributed by atoms with van der Waals surface area (Å²) in [4.78, 5) is 17.3. The molecular weight excluding hydrogens is 440 g/mol. The fourth-order valence-electron chi connectivity index (χ4n) is 5.00. The quantitative estimate of drug-likeness (QED) is 0.659. The highest BCUT2D eigenvalue weighted by Gasteiger charge is 2.47. The predicted molar refractivity (Wildman–Crippen MR) is 126 cm³/mol. The van der Waals surface area contributed by atoms with Gasteiger partial charge in [0.1, 0.15) is 5.75 Å². The smallest absolute Gasteiger partial charge is 0.387 e. The lowest BCUT2D eigenvalue weighted by molar-refractivity contribution is -0.0506. The summed E-state index contributed by atoms with van der Waals surface area (Å²) >= 11 is 0. The van der Waals surface area contributed by atoms with Crippen LogP contribution in [0, 0.1) is 0 Å². The number of nitrogens with one attached hydrogen (secondary N) is 1. The molecule has 1 saturated carbocycles. The predicted octanol–water partition coefficient (Wildman–Crippen LogP) is 4.09. The van der Waals surface area contributed by atoms with Crippen LogP contribution in [0.15, 0.2) is 36.4 Å². The third-order valence-electron chi connectivity index (χ3n) is 7.41. The molecule has 0 bridgehead atoms. The number of anilines is 1. The lowest BCUT2D eigenvalue weighted by Gasteiger charge is -2.44. The number of halogens is 2. The van der Waals surface area contributed by atoms with Crippen molar-refractivity contribution in [2.75, 3.05) is 38.7 Å². The first-order valence-corrected chi connectivity index (χ1v) is 11.8. The van der Waals surface area contributed by atoms with E-state index in [1.807, 2.05) is 38.4 Å². The summed E-state index contributed by atoms with van der Waals surface area (Å²) in [7, 11) is 4.06. The third kappa shape index (κ3) is 4.36. The van der Waals surface area contributed by atoms with Crippen molar-refractivity contribution in [3.63, 3.8) is 0 Å². The summed E-state index contributed by atoms with van der Waals surface area (Å²) in [5.41, 5.74) is 4.37. The molecular formula is C26H31F2N3O3. The number of alkyl halides is 2. The van der Waals surface area contributed by atoms with Crippen molar-refractivity contribution in [2.45, 2.75) is 50.5 Å². The van der Waals surface area contributed by atoms with E-state index in [0.29, 0.717) is 23.8 Å². The molecule has 1 aliphatic carbocycles. The Kier molecular flexibility index (Phi) is 5.98. The van der Waals surface area contributed by atoms with Gasteiger partial charge in [-0.2, -0.15) is 8.78 Å². The Morgan fingerprint density at radius 2 is 1.97 bits per heavy atom. The van der Waals surface area contributed by atoms with E-state index in [9.17, 15) is 13.6 Å². The first-order valence-electron chi connectivity index (χ1n) is 11.8. The Bertz CT molecular complexity index is 1080. The van der Waals surface area contributed by atoms with Gasteiger partial charge >= 0.3 is 6.61 Å². The normalized spacial score (nSPS) is 19.7.